The summed E-state index contributed by atoms with van der Waals surface area (Å²) in [6.45, 7) is 2.94. The maximum atomic E-state index is 12.5. The molecule has 0 amide bonds. The van der Waals surface area contributed by atoms with Crippen LogP contribution in [0.1, 0.15) is 25.0 Å². The predicted molar refractivity (Wildman–Crippen MR) is 61.9 cm³/mol. The van der Waals surface area contributed by atoms with Crippen molar-refractivity contribution in [2.24, 2.45) is 0 Å². The van der Waals surface area contributed by atoms with E-state index in [4.69, 9.17) is 9.52 Å². The van der Waals surface area contributed by atoms with Crippen molar-refractivity contribution in [3.63, 3.8) is 0 Å². The summed E-state index contributed by atoms with van der Waals surface area (Å²) in [6.07, 6.45) is -3.26. The van der Waals surface area contributed by atoms with Gasteiger partial charge in [0.15, 0.2) is 0 Å². The van der Waals surface area contributed by atoms with E-state index in [1.54, 1.807) is 0 Å². The van der Waals surface area contributed by atoms with Crippen molar-refractivity contribution in [3.8, 4) is 0 Å². The van der Waals surface area contributed by atoms with Crippen LogP contribution in [-0.4, -0.2) is 11.1 Å². The number of carboxylic acid groups (broad SMARTS) is 1. The molecule has 2 aromatic rings. The molecule has 0 radical (unpaired) electrons. The van der Waals surface area contributed by atoms with E-state index >= 15 is 0 Å². The van der Waals surface area contributed by atoms with E-state index in [0.717, 1.165) is 12.1 Å². The van der Waals surface area contributed by atoms with E-state index in [9.17, 15) is 18.0 Å². The topological polar surface area (TPSA) is 50.4 Å². The van der Waals surface area contributed by atoms with E-state index in [2.05, 4.69) is 0 Å². The lowest BCUT2D eigenvalue weighted by Gasteiger charge is -2.17. The number of carbonyl (C=O) groups is 1. The summed E-state index contributed by atoms with van der Waals surface area (Å²) in [5.41, 5.74) is -1.68. The fourth-order valence-electron chi connectivity index (χ4n) is 1.80. The summed E-state index contributed by atoms with van der Waals surface area (Å²) in [5, 5.41) is 9.51. The maximum absolute atomic E-state index is 12.5. The highest BCUT2D eigenvalue weighted by atomic mass is 19.4. The second-order valence-electron chi connectivity index (χ2n) is 4.79. The molecule has 19 heavy (non-hydrogen) atoms. The van der Waals surface area contributed by atoms with Crippen molar-refractivity contribution >= 4 is 16.9 Å². The van der Waals surface area contributed by atoms with Crippen LogP contribution < -0.4 is 0 Å². The minimum absolute atomic E-state index is 0.0270. The average molecular weight is 272 g/mol. The summed E-state index contributed by atoms with van der Waals surface area (Å²) in [5.74, 6) is -1.07. The lowest BCUT2D eigenvalue weighted by Crippen LogP contribution is -2.28. The predicted octanol–water partition coefficient (Wildman–Crippen LogP) is 3.81. The van der Waals surface area contributed by atoms with Gasteiger partial charge in [0.2, 0.25) is 0 Å². The molecule has 0 unspecified atom stereocenters. The van der Waals surface area contributed by atoms with Crippen molar-refractivity contribution in [3.05, 3.63) is 35.6 Å². The minimum Gasteiger partial charge on any atom is -0.481 e. The SMILES string of the molecule is CC(C)(C(=O)O)c1coc2cc(C(F)(F)F)ccc12. The molecular formula is C13H11F3O3. The molecule has 0 aliphatic heterocycles. The molecule has 102 valence electrons. The van der Waals surface area contributed by atoms with Gasteiger partial charge in [-0.25, -0.2) is 0 Å². The van der Waals surface area contributed by atoms with Crippen molar-refractivity contribution in [1.29, 1.82) is 0 Å². The highest BCUT2D eigenvalue weighted by molar-refractivity contribution is 5.90. The number of furan rings is 1. The normalized spacial score (nSPS) is 12.9. The molecule has 0 aliphatic carbocycles. The van der Waals surface area contributed by atoms with Gasteiger partial charge in [-0.05, 0) is 26.0 Å². The van der Waals surface area contributed by atoms with E-state index < -0.39 is 23.1 Å². The number of hydrogen-bond acceptors (Lipinski definition) is 2. The third kappa shape index (κ3) is 2.18. The Labute approximate surface area is 106 Å². The van der Waals surface area contributed by atoms with E-state index in [1.165, 1.54) is 26.2 Å². The Kier molecular flexibility index (Phi) is 2.84. The highest BCUT2D eigenvalue weighted by Gasteiger charge is 2.35. The van der Waals surface area contributed by atoms with Gasteiger partial charge in [0.25, 0.3) is 0 Å². The molecule has 6 heteroatoms. The molecule has 1 heterocycles. The van der Waals surface area contributed by atoms with E-state index in [0.29, 0.717) is 10.9 Å². The van der Waals surface area contributed by atoms with Gasteiger partial charge in [-0.1, -0.05) is 6.07 Å². The Morgan fingerprint density at radius 1 is 1.26 bits per heavy atom. The van der Waals surface area contributed by atoms with Gasteiger partial charge >= 0.3 is 12.1 Å². The highest BCUT2D eigenvalue weighted by Crippen LogP contribution is 2.36. The number of carboxylic acids is 1. The zero-order valence-electron chi connectivity index (χ0n) is 10.2. The molecule has 0 atom stereocenters. The minimum atomic E-state index is -4.45. The molecule has 1 aromatic heterocycles. The first kappa shape index (κ1) is 13.5. The Morgan fingerprint density at radius 2 is 1.89 bits per heavy atom. The van der Waals surface area contributed by atoms with Crippen LogP contribution in [0.2, 0.25) is 0 Å². The standard InChI is InChI=1S/C13H11F3O3/c1-12(2,11(17)18)9-6-19-10-5-7(13(14,15)16)3-4-8(9)10/h3-6H,1-2H3,(H,17,18). The van der Waals surface area contributed by atoms with Gasteiger partial charge in [-0.15, -0.1) is 0 Å². The molecule has 2 rings (SSSR count). The Morgan fingerprint density at radius 3 is 2.42 bits per heavy atom. The van der Waals surface area contributed by atoms with Gasteiger partial charge in [0.05, 0.1) is 17.2 Å². The molecule has 0 fully saturated rings. The summed E-state index contributed by atoms with van der Waals surface area (Å²) in [7, 11) is 0. The smallest absolute Gasteiger partial charge is 0.416 e. The Balaban J connectivity index is 2.61. The molecule has 0 bridgehead atoms. The fourth-order valence-corrected chi connectivity index (χ4v) is 1.80. The largest absolute Gasteiger partial charge is 0.481 e. The molecule has 1 N–H and O–H groups in total. The van der Waals surface area contributed by atoms with Crippen molar-refractivity contribution < 1.29 is 27.5 Å². The van der Waals surface area contributed by atoms with Crippen molar-refractivity contribution in [2.45, 2.75) is 25.4 Å². The third-order valence-corrected chi connectivity index (χ3v) is 3.11. The van der Waals surface area contributed by atoms with Gasteiger partial charge in [-0.3, -0.25) is 4.79 Å². The van der Waals surface area contributed by atoms with Crippen LogP contribution in [0.4, 0.5) is 13.2 Å². The first-order chi connectivity index (χ1) is 8.64. The van der Waals surface area contributed by atoms with Crippen molar-refractivity contribution in [1.82, 2.24) is 0 Å². The van der Waals surface area contributed by atoms with Gasteiger partial charge in [0, 0.05) is 10.9 Å². The lowest BCUT2D eigenvalue weighted by atomic mass is 9.84. The first-order valence-electron chi connectivity index (χ1n) is 5.46. The third-order valence-electron chi connectivity index (χ3n) is 3.11. The number of fused-ring (bicyclic) bond motifs is 1. The van der Waals surface area contributed by atoms with Gasteiger partial charge in [0.1, 0.15) is 5.58 Å². The number of hydrogen-bond donors (Lipinski definition) is 1. The van der Waals surface area contributed by atoms with Crippen LogP contribution in [0, 0.1) is 0 Å². The first-order valence-corrected chi connectivity index (χ1v) is 5.46. The molecule has 0 saturated carbocycles. The second-order valence-corrected chi connectivity index (χ2v) is 4.79. The summed E-state index contributed by atoms with van der Waals surface area (Å²) >= 11 is 0. The van der Waals surface area contributed by atoms with Crippen LogP contribution in [0.15, 0.2) is 28.9 Å². The molecule has 0 saturated heterocycles. The Hall–Kier alpha value is -1.98. The molecule has 3 nitrogen and oxygen atoms in total. The van der Waals surface area contributed by atoms with Crippen LogP contribution in [0.3, 0.4) is 0 Å². The zero-order valence-corrected chi connectivity index (χ0v) is 10.2. The number of aliphatic carboxylic acids is 1. The van der Waals surface area contributed by atoms with Crippen LogP contribution in [0.5, 0.6) is 0 Å². The summed E-state index contributed by atoms with van der Waals surface area (Å²) in [6, 6.07) is 3.03. The summed E-state index contributed by atoms with van der Waals surface area (Å²) in [4.78, 5) is 11.2. The zero-order chi connectivity index (χ0) is 14.4. The Bertz CT molecular complexity index is 638. The quantitative estimate of drug-likeness (QED) is 0.904. The molecular weight excluding hydrogens is 261 g/mol. The second kappa shape index (κ2) is 4.01. The summed E-state index contributed by atoms with van der Waals surface area (Å²) < 4.78 is 42.7. The molecule has 1 aromatic carbocycles. The average Bonchev–Trinajstić information content (AvgIpc) is 2.70. The van der Waals surface area contributed by atoms with E-state index in [-0.39, 0.29) is 5.58 Å². The maximum Gasteiger partial charge on any atom is 0.416 e. The van der Waals surface area contributed by atoms with E-state index in [1.807, 2.05) is 0 Å². The molecule has 0 aliphatic rings. The molecule has 0 spiro atoms. The van der Waals surface area contributed by atoms with Gasteiger partial charge < -0.3 is 9.52 Å². The van der Waals surface area contributed by atoms with Crippen LogP contribution >= 0.6 is 0 Å². The monoisotopic (exact) mass is 272 g/mol. The van der Waals surface area contributed by atoms with Gasteiger partial charge in [-0.2, -0.15) is 13.2 Å². The van der Waals surface area contributed by atoms with Crippen LogP contribution in [0.25, 0.3) is 11.0 Å². The number of benzene rings is 1. The van der Waals surface area contributed by atoms with Crippen molar-refractivity contribution in [2.75, 3.05) is 0 Å². The number of alkyl halides is 3. The fraction of sp³-hybridized carbons (Fsp3) is 0.308. The number of rotatable bonds is 2. The lowest BCUT2D eigenvalue weighted by molar-refractivity contribution is -0.142. The van der Waals surface area contributed by atoms with Crippen LogP contribution in [-0.2, 0) is 16.4 Å². The number of halogens is 3.